The fraction of sp³-hybridized carbons (Fsp3) is 0.533. The minimum Gasteiger partial charge on any atom is -0.465 e. The zero-order valence-corrected chi connectivity index (χ0v) is 15.6. The van der Waals surface area contributed by atoms with Gasteiger partial charge in [-0.15, -0.1) is 0 Å². The van der Waals surface area contributed by atoms with E-state index in [1.807, 2.05) is 12.1 Å². The minimum atomic E-state index is -1.43. The van der Waals surface area contributed by atoms with Gasteiger partial charge in [-0.3, -0.25) is 0 Å². The summed E-state index contributed by atoms with van der Waals surface area (Å²) in [5, 5.41) is -0.131. The predicted molar refractivity (Wildman–Crippen MR) is 87.7 cm³/mol. The van der Waals surface area contributed by atoms with Gasteiger partial charge in [0.2, 0.25) is 0 Å². The molecule has 0 aliphatic heterocycles. The van der Waals surface area contributed by atoms with Crippen LogP contribution >= 0.6 is 15.9 Å². The molecule has 0 aliphatic carbocycles. The fourth-order valence-corrected chi connectivity index (χ4v) is 2.27. The van der Waals surface area contributed by atoms with E-state index in [4.69, 9.17) is 9.47 Å². The normalized spacial score (nSPS) is 12.3. The molecule has 0 radical (unpaired) electrons. The summed E-state index contributed by atoms with van der Waals surface area (Å²) in [6, 6.07) is 5.41. The van der Waals surface area contributed by atoms with Gasteiger partial charge < -0.3 is 9.47 Å². The summed E-state index contributed by atoms with van der Waals surface area (Å²) >= 11 is 3.50. The minimum absolute atomic E-state index is 0.131. The summed E-state index contributed by atoms with van der Waals surface area (Å²) in [6.45, 7) is 11.6. The number of esters is 1. The van der Waals surface area contributed by atoms with Gasteiger partial charge in [0.1, 0.15) is 0 Å². The van der Waals surface area contributed by atoms with Crippen molar-refractivity contribution in [2.45, 2.75) is 45.3 Å². The third kappa shape index (κ3) is 4.17. The molecule has 0 spiro atoms. The number of carbonyl (C=O) groups is 1. The molecule has 112 valence electrons. The predicted octanol–water partition coefficient (Wildman–Crippen LogP) is 4.41. The summed E-state index contributed by atoms with van der Waals surface area (Å²) in [4.78, 5) is 11.6. The third-order valence-electron chi connectivity index (χ3n) is 3.86. The van der Waals surface area contributed by atoms with Gasteiger partial charge >= 0.3 is 5.97 Å². The number of hydrogen-bond acceptors (Lipinski definition) is 3. The van der Waals surface area contributed by atoms with Crippen molar-refractivity contribution in [2.24, 2.45) is 0 Å². The lowest BCUT2D eigenvalue weighted by molar-refractivity contribution is 0.0239. The number of ether oxygens (including phenoxy) is 2. The second-order valence-electron chi connectivity index (χ2n) is 6.35. The summed E-state index contributed by atoms with van der Waals surface area (Å²) in [6.07, 6.45) is 0. The largest absolute Gasteiger partial charge is 0.465 e. The Morgan fingerprint density at radius 1 is 1.30 bits per heavy atom. The van der Waals surface area contributed by atoms with Crippen LogP contribution in [-0.4, -0.2) is 26.4 Å². The zero-order valence-electron chi connectivity index (χ0n) is 13.0. The van der Waals surface area contributed by atoms with E-state index in [-0.39, 0.29) is 11.2 Å². The Kier molecular flexibility index (Phi) is 5.58. The van der Waals surface area contributed by atoms with Crippen LogP contribution in [0.2, 0.25) is 19.6 Å². The SMILES string of the molecule is COC(=O)c1ccc(Br)c(COC(C)(C)[Si](C)(C)C)c1. The first-order valence-electron chi connectivity index (χ1n) is 6.59. The maximum atomic E-state index is 11.6. The van der Waals surface area contributed by atoms with Crippen molar-refractivity contribution in [3.8, 4) is 0 Å². The Hall–Kier alpha value is -0.653. The highest BCUT2D eigenvalue weighted by Crippen LogP contribution is 2.27. The average molecular weight is 359 g/mol. The van der Waals surface area contributed by atoms with E-state index in [1.165, 1.54) is 7.11 Å². The van der Waals surface area contributed by atoms with Crippen LogP contribution in [0.25, 0.3) is 0 Å². The molecule has 1 aromatic rings. The van der Waals surface area contributed by atoms with Gasteiger partial charge in [0.15, 0.2) is 0 Å². The first-order valence-corrected chi connectivity index (χ1v) is 10.9. The van der Waals surface area contributed by atoms with Gasteiger partial charge in [-0.05, 0) is 37.6 Å². The van der Waals surface area contributed by atoms with E-state index in [9.17, 15) is 4.79 Å². The van der Waals surface area contributed by atoms with Crippen LogP contribution in [0.3, 0.4) is 0 Å². The quantitative estimate of drug-likeness (QED) is 0.577. The molecule has 0 saturated heterocycles. The van der Waals surface area contributed by atoms with E-state index >= 15 is 0 Å². The maximum absolute atomic E-state index is 11.6. The summed E-state index contributed by atoms with van der Waals surface area (Å²) in [5.74, 6) is -0.330. The lowest BCUT2D eigenvalue weighted by Crippen LogP contribution is -2.49. The number of methoxy groups -OCH3 is 1. The lowest BCUT2D eigenvalue weighted by Gasteiger charge is -2.37. The Balaban J connectivity index is 2.90. The molecule has 0 amide bonds. The van der Waals surface area contributed by atoms with Crippen molar-refractivity contribution < 1.29 is 14.3 Å². The first kappa shape index (κ1) is 17.4. The highest BCUT2D eigenvalue weighted by molar-refractivity contribution is 9.10. The fourth-order valence-electron chi connectivity index (χ4n) is 1.40. The molecule has 0 unspecified atom stereocenters. The summed E-state index contributed by atoms with van der Waals surface area (Å²) in [7, 11) is -0.0437. The molecule has 0 saturated carbocycles. The van der Waals surface area contributed by atoms with Crippen LogP contribution in [0.1, 0.15) is 29.8 Å². The molecule has 0 aromatic heterocycles. The van der Waals surface area contributed by atoms with E-state index < -0.39 is 8.07 Å². The number of benzene rings is 1. The molecule has 5 heteroatoms. The molecular formula is C15H23BrO3Si. The van der Waals surface area contributed by atoms with Crippen molar-refractivity contribution >= 4 is 30.0 Å². The van der Waals surface area contributed by atoms with E-state index in [1.54, 1.807) is 6.07 Å². The lowest BCUT2D eigenvalue weighted by atomic mass is 10.1. The van der Waals surface area contributed by atoms with E-state index in [0.717, 1.165) is 10.0 Å². The monoisotopic (exact) mass is 358 g/mol. The van der Waals surface area contributed by atoms with Gasteiger partial charge in [0, 0.05) is 4.47 Å². The molecule has 0 aliphatic rings. The van der Waals surface area contributed by atoms with Crippen LogP contribution in [0, 0.1) is 0 Å². The standard InChI is InChI=1S/C15H23BrO3Si/c1-15(2,20(4,5)6)19-10-12-9-11(14(17)18-3)7-8-13(12)16/h7-9H,10H2,1-6H3. The summed E-state index contributed by atoms with van der Waals surface area (Å²) < 4.78 is 11.8. The molecule has 1 aromatic carbocycles. The van der Waals surface area contributed by atoms with Gasteiger partial charge in [-0.25, -0.2) is 4.79 Å². The Morgan fingerprint density at radius 3 is 2.40 bits per heavy atom. The van der Waals surface area contributed by atoms with Crippen LogP contribution < -0.4 is 0 Å². The number of rotatable bonds is 5. The van der Waals surface area contributed by atoms with Crippen LogP contribution in [-0.2, 0) is 16.1 Å². The second kappa shape index (κ2) is 6.41. The third-order valence-corrected chi connectivity index (χ3v) is 8.39. The number of carbonyl (C=O) groups excluding carboxylic acids is 1. The van der Waals surface area contributed by atoms with Gasteiger partial charge in [-0.1, -0.05) is 35.6 Å². The average Bonchev–Trinajstić information content (AvgIpc) is 2.35. The first-order chi connectivity index (χ1) is 9.08. The van der Waals surface area contributed by atoms with Crippen LogP contribution in [0.4, 0.5) is 0 Å². The molecule has 0 atom stereocenters. The van der Waals surface area contributed by atoms with Crippen LogP contribution in [0.5, 0.6) is 0 Å². The van der Waals surface area contributed by atoms with Gasteiger partial charge in [0.25, 0.3) is 0 Å². The molecule has 3 nitrogen and oxygen atoms in total. The molecule has 0 bridgehead atoms. The number of halogens is 1. The van der Waals surface area contributed by atoms with Crippen molar-refractivity contribution in [1.29, 1.82) is 0 Å². The highest BCUT2D eigenvalue weighted by atomic mass is 79.9. The van der Waals surface area contributed by atoms with E-state index in [2.05, 4.69) is 49.4 Å². The van der Waals surface area contributed by atoms with Crippen molar-refractivity contribution in [3.05, 3.63) is 33.8 Å². The van der Waals surface area contributed by atoms with E-state index in [0.29, 0.717) is 12.2 Å². The van der Waals surface area contributed by atoms with Crippen molar-refractivity contribution in [1.82, 2.24) is 0 Å². The Morgan fingerprint density at radius 2 is 1.90 bits per heavy atom. The second-order valence-corrected chi connectivity index (χ2v) is 12.9. The molecule has 0 N–H and O–H groups in total. The van der Waals surface area contributed by atoms with Crippen molar-refractivity contribution in [2.75, 3.05) is 7.11 Å². The Bertz CT molecular complexity index is 492. The molecular weight excluding hydrogens is 336 g/mol. The maximum Gasteiger partial charge on any atom is 0.337 e. The van der Waals surface area contributed by atoms with Crippen molar-refractivity contribution in [3.63, 3.8) is 0 Å². The zero-order chi connectivity index (χ0) is 15.6. The molecule has 20 heavy (non-hydrogen) atoms. The molecule has 1 rings (SSSR count). The van der Waals surface area contributed by atoms with Crippen LogP contribution in [0.15, 0.2) is 22.7 Å². The van der Waals surface area contributed by atoms with Gasteiger partial charge in [-0.2, -0.15) is 0 Å². The topological polar surface area (TPSA) is 35.5 Å². The highest BCUT2D eigenvalue weighted by Gasteiger charge is 2.35. The number of hydrogen-bond donors (Lipinski definition) is 0. The smallest absolute Gasteiger partial charge is 0.337 e. The molecule has 0 heterocycles. The Labute approximate surface area is 130 Å². The molecule has 0 fully saturated rings. The van der Waals surface area contributed by atoms with Gasteiger partial charge in [0.05, 0.1) is 32.6 Å². The summed E-state index contributed by atoms with van der Waals surface area (Å²) in [5.41, 5.74) is 1.50.